The molecule has 0 spiro atoms. The molecule has 0 aliphatic heterocycles. The lowest BCUT2D eigenvalue weighted by molar-refractivity contribution is -0.384. The van der Waals surface area contributed by atoms with Crippen molar-refractivity contribution in [3.63, 3.8) is 0 Å². The highest BCUT2D eigenvalue weighted by Gasteiger charge is 2.15. The number of nitro groups is 1. The van der Waals surface area contributed by atoms with E-state index in [-0.39, 0.29) is 17.9 Å². The Kier molecular flexibility index (Phi) is 8.40. The Balaban J connectivity index is 1.82. The monoisotopic (exact) mass is 585 g/mol. The van der Waals surface area contributed by atoms with Gasteiger partial charge in [0.2, 0.25) is 0 Å². The Labute approximate surface area is 212 Å². The second-order valence-corrected chi connectivity index (χ2v) is 8.64. The number of rotatable bonds is 8. The van der Waals surface area contributed by atoms with Crippen LogP contribution in [0.3, 0.4) is 0 Å². The summed E-state index contributed by atoms with van der Waals surface area (Å²) in [4.78, 5) is 23.1. The fourth-order valence-corrected chi connectivity index (χ4v) is 3.76. The Morgan fingerprint density at radius 3 is 2.59 bits per heavy atom. The molecule has 0 radical (unpaired) electrons. The summed E-state index contributed by atoms with van der Waals surface area (Å²) in [5.41, 5.74) is 1.56. The summed E-state index contributed by atoms with van der Waals surface area (Å²) in [6.07, 6.45) is 1.43. The van der Waals surface area contributed by atoms with Crippen LogP contribution in [0.4, 0.5) is 11.4 Å². The molecule has 1 N–H and O–H groups in total. The third-order valence-corrected chi connectivity index (χ3v) is 5.73. The van der Waals surface area contributed by atoms with Crippen LogP contribution in [0.1, 0.15) is 11.1 Å². The lowest BCUT2D eigenvalue weighted by atomic mass is 10.1. The average Bonchev–Trinajstić information content (AvgIpc) is 2.82. The van der Waals surface area contributed by atoms with E-state index in [4.69, 9.17) is 9.47 Å². The molecular formula is C24H17Br2N3O5. The number of nitrogens with zero attached hydrogens (tertiary/aromatic N) is 2. The van der Waals surface area contributed by atoms with Crippen molar-refractivity contribution in [2.24, 2.45) is 0 Å². The minimum atomic E-state index is -0.558. The first-order valence-electron chi connectivity index (χ1n) is 9.73. The maximum absolute atomic E-state index is 12.6. The number of carbonyl (C=O) groups is 1. The third-order valence-electron chi connectivity index (χ3n) is 4.55. The number of nitrogens with one attached hydrogen (secondary N) is 1. The van der Waals surface area contributed by atoms with E-state index in [1.165, 1.54) is 25.3 Å². The van der Waals surface area contributed by atoms with E-state index in [2.05, 4.69) is 37.2 Å². The van der Waals surface area contributed by atoms with Gasteiger partial charge in [0.1, 0.15) is 18.2 Å². The normalized spacial score (nSPS) is 10.8. The van der Waals surface area contributed by atoms with E-state index in [9.17, 15) is 20.2 Å². The van der Waals surface area contributed by atoms with Gasteiger partial charge in [-0.05, 0) is 47.5 Å². The topological polar surface area (TPSA) is 114 Å². The molecule has 0 fully saturated rings. The number of hydrogen-bond donors (Lipinski definition) is 1. The van der Waals surface area contributed by atoms with Crippen molar-refractivity contribution in [3.8, 4) is 17.6 Å². The number of benzene rings is 3. The van der Waals surface area contributed by atoms with Crippen LogP contribution in [0, 0.1) is 21.4 Å². The van der Waals surface area contributed by atoms with E-state index in [0.717, 1.165) is 4.47 Å². The van der Waals surface area contributed by atoms with Crippen molar-refractivity contribution < 1.29 is 19.2 Å². The molecule has 0 unspecified atom stereocenters. The first kappa shape index (κ1) is 25.0. The zero-order valence-electron chi connectivity index (χ0n) is 17.7. The number of ether oxygens (including phenoxy) is 2. The minimum absolute atomic E-state index is 0.0279. The van der Waals surface area contributed by atoms with E-state index in [1.807, 2.05) is 12.1 Å². The molecule has 0 aliphatic rings. The molecule has 10 heteroatoms. The van der Waals surface area contributed by atoms with Gasteiger partial charge in [0, 0.05) is 26.8 Å². The first-order valence-corrected chi connectivity index (χ1v) is 11.3. The molecule has 34 heavy (non-hydrogen) atoms. The molecule has 1 amide bonds. The maximum atomic E-state index is 12.6. The first-order chi connectivity index (χ1) is 16.3. The standard InChI is InChI=1S/C24H17Br2N3O5/c1-33-22-10-16(9-17(13-27)24(30)28-19-6-3-5-18(25)11-19)21(26)12-23(22)34-14-15-4-2-7-20(8-15)29(31)32/h2-12H,14H2,1H3,(H,28,30)/b17-9-. The van der Waals surface area contributed by atoms with E-state index in [0.29, 0.717) is 32.8 Å². The van der Waals surface area contributed by atoms with Crippen LogP contribution in [0.25, 0.3) is 6.08 Å². The van der Waals surface area contributed by atoms with Gasteiger partial charge in [-0.15, -0.1) is 0 Å². The molecule has 0 saturated heterocycles. The fourth-order valence-electron chi connectivity index (χ4n) is 2.92. The Morgan fingerprint density at radius 2 is 1.91 bits per heavy atom. The Morgan fingerprint density at radius 1 is 1.15 bits per heavy atom. The van der Waals surface area contributed by atoms with Gasteiger partial charge in [0.05, 0.1) is 12.0 Å². The van der Waals surface area contributed by atoms with Crippen LogP contribution in [0.5, 0.6) is 11.5 Å². The van der Waals surface area contributed by atoms with Crippen LogP contribution in [0.15, 0.2) is 75.2 Å². The van der Waals surface area contributed by atoms with Crippen molar-refractivity contribution in [3.05, 3.63) is 96.4 Å². The van der Waals surface area contributed by atoms with Gasteiger partial charge in [0.15, 0.2) is 11.5 Å². The number of carbonyl (C=O) groups excluding carboxylic acids is 1. The molecular weight excluding hydrogens is 570 g/mol. The van der Waals surface area contributed by atoms with Gasteiger partial charge in [-0.3, -0.25) is 14.9 Å². The molecule has 8 nitrogen and oxygen atoms in total. The summed E-state index contributed by atoms with van der Waals surface area (Å²) >= 11 is 6.77. The fraction of sp³-hybridized carbons (Fsp3) is 0.0833. The molecule has 0 heterocycles. The number of non-ortho nitro benzene ring substituents is 1. The summed E-state index contributed by atoms with van der Waals surface area (Å²) in [5, 5.41) is 23.2. The molecule has 3 aromatic rings. The van der Waals surface area contributed by atoms with E-state index < -0.39 is 10.8 Å². The van der Waals surface area contributed by atoms with Crippen molar-refractivity contribution in [2.45, 2.75) is 6.61 Å². The second kappa shape index (κ2) is 11.4. The number of hydrogen-bond acceptors (Lipinski definition) is 6. The predicted molar refractivity (Wildman–Crippen MR) is 134 cm³/mol. The predicted octanol–water partition coefficient (Wildman–Crippen LogP) is 6.25. The molecule has 0 saturated carbocycles. The Hall–Kier alpha value is -3.68. The van der Waals surface area contributed by atoms with Crippen LogP contribution in [0.2, 0.25) is 0 Å². The lowest BCUT2D eigenvalue weighted by Gasteiger charge is -2.13. The molecule has 0 bridgehead atoms. The molecule has 0 atom stereocenters. The van der Waals surface area contributed by atoms with Crippen molar-refractivity contribution >= 4 is 55.2 Å². The molecule has 3 aromatic carbocycles. The zero-order chi connectivity index (χ0) is 24.7. The van der Waals surface area contributed by atoms with Crippen LogP contribution in [-0.4, -0.2) is 17.9 Å². The van der Waals surface area contributed by atoms with E-state index >= 15 is 0 Å². The van der Waals surface area contributed by atoms with Crippen LogP contribution < -0.4 is 14.8 Å². The molecule has 0 aromatic heterocycles. The molecule has 172 valence electrons. The summed E-state index contributed by atoms with van der Waals surface area (Å²) in [5.74, 6) is 0.192. The highest BCUT2D eigenvalue weighted by molar-refractivity contribution is 9.10. The van der Waals surface area contributed by atoms with Gasteiger partial charge in [-0.2, -0.15) is 5.26 Å². The van der Waals surface area contributed by atoms with Gasteiger partial charge in [0.25, 0.3) is 11.6 Å². The van der Waals surface area contributed by atoms with Gasteiger partial charge >= 0.3 is 0 Å². The molecule has 0 aliphatic carbocycles. The quantitative estimate of drug-likeness (QED) is 0.144. The summed E-state index contributed by atoms with van der Waals surface area (Å²) in [6.45, 7) is 0.0815. The zero-order valence-corrected chi connectivity index (χ0v) is 20.9. The number of nitriles is 1. The van der Waals surface area contributed by atoms with E-state index in [1.54, 1.807) is 42.5 Å². The van der Waals surface area contributed by atoms with Gasteiger partial charge < -0.3 is 14.8 Å². The minimum Gasteiger partial charge on any atom is -0.493 e. The maximum Gasteiger partial charge on any atom is 0.269 e. The average molecular weight is 587 g/mol. The highest BCUT2D eigenvalue weighted by atomic mass is 79.9. The van der Waals surface area contributed by atoms with Crippen LogP contribution >= 0.6 is 31.9 Å². The largest absolute Gasteiger partial charge is 0.493 e. The van der Waals surface area contributed by atoms with Crippen molar-refractivity contribution in [1.82, 2.24) is 0 Å². The number of amides is 1. The van der Waals surface area contributed by atoms with Crippen molar-refractivity contribution in [2.75, 3.05) is 12.4 Å². The summed E-state index contributed by atoms with van der Waals surface area (Å²) in [7, 11) is 1.46. The molecule has 3 rings (SSSR count). The smallest absolute Gasteiger partial charge is 0.269 e. The number of halogens is 2. The summed E-state index contributed by atoms with van der Waals surface area (Å²) < 4.78 is 12.6. The number of methoxy groups -OCH3 is 1. The van der Waals surface area contributed by atoms with Gasteiger partial charge in [-0.25, -0.2) is 0 Å². The second-order valence-electron chi connectivity index (χ2n) is 6.87. The SMILES string of the molecule is COc1cc(/C=C(/C#N)C(=O)Nc2cccc(Br)c2)c(Br)cc1OCc1cccc([N+](=O)[O-])c1. The van der Waals surface area contributed by atoms with Crippen molar-refractivity contribution in [1.29, 1.82) is 5.26 Å². The number of nitro benzene ring substituents is 1. The van der Waals surface area contributed by atoms with Gasteiger partial charge in [-0.1, -0.05) is 50.1 Å². The number of anilines is 1. The lowest BCUT2D eigenvalue weighted by Crippen LogP contribution is -2.13. The Bertz CT molecular complexity index is 1320. The third kappa shape index (κ3) is 6.43. The summed E-state index contributed by atoms with van der Waals surface area (Å²) in [6, 6.07) is 18.3. The van der Waals surface area contributed by atoms with Crippen LogP contribution in [-0.2, 0) is 11.4 Å². The highest BCUT2D eigenvalue weighted by Crippen LogP contribution is 2.35.